The van der Waals surface area contributed by atoms with Gasteiger partial charge in [0.1, 0.15) is 5.82 Å². The van der Waals surface area contributed by atoms with E-state index in [-0.39, 0.29) is 5.82 Å². The van der Waals surface area contributed by atoms with E-state index in [9.17, 15) is 14.3 Å². The number of aromatic carboxylic acids is 1. The average Bonchev–Trinajstić information content (AvgIpc) is 3.07. The van der Waals surface area contributed by atoms with Crippen molar-refractivity contribution in [2.24, 2.45) is 5.92 Å². The number of nitrogens with zero attached hydrogens (tertiary/aromatic N) is 2. The molecule has 4 rings (SSSR count). The van der Waals surface area contributed by atoms with Crippen LogP contribution in [0.2, 0.25) is 0 Å². The molecular formula is C29H36FN3O2. The van der Waals surface area contributed by atoms with Gasteiger partial charge in [-0.15, -0.1) is 0 Å². The molecule has 1 aromatic heterocycles. The molecule has 0 unspecified atom stereocenters. The zero-order valence-electron chi connectivity index (χ0n) is 21.0. The van der Waals surface area contributed by atoms with Crippen molar-refractivity contribution in [1.29, 1.82) is 0 Å². The smallest absolute Gasteiger partial charge is 0.337 e. The summed E-state index contributed by atoms with van der Waals surface area (Å²) in [6.07, 6.45) is 2.29. The molecule has 6 heteroatoms. The van der Waals surface area contributed by atoms with Gasteiger partial charge in [0.2, 0.25) is 0 Å². The number of carboxylic acid groups (broad SMARTS) is 1. The van der Waals surface area contributed by atoms with E-state index in [2.05, 4.69) is 41.4 Å². The Hall–Kier alpha value is -2.96. The van der Waals surface area contributed by atoms with Crippen LogP contribution in [0.25, 0.3) is 0 Å². The summed E-state index contributed by atoms with van der Waals surface area (Å²) < 4.78 is 15.3. The predicted octanol–water partition coefficient (Wildman–Crippen LogP) is 5.30. The highest BCUT2D eigenvalue weighted by atomic mass is 19.1. The van der Waals surface area contributed by atoms with Crippen molar-refractivity contribution < 1.29 is 14.3 Å². The standard InChI is InChI=1S/C29H36FN3O2/c1-20-6-4-5-7-25(20)19-32-14-12-23(13-15-32)16-31-17-27-21(2)33(22(3)28(27)29(34)35)18-24-8-10-26(30)11-9-24/h4-11,23,31H,12-19H2,1-3H3,(H,34,35). The molecule has 1 saturated heterocycles. The van der Waals surface area contributed by atoms with E-state index in [4.69, 9.17) is 0 Å². The van der Waals surface area contributed by atoms with Crippen molar-refractivity contribution in [1.82, 2.24) is 14.8 Å². The Morgan fingerprint density at radius 1 is 1.00 bits per heavy atom. The lowest BCUT2D eigenvalue weighted by Crippen LogP contribution is -2.37. The zero-order valence-corrected chi connectivity index (χ0v) is 21.0. The molecule has 35 heavy (non-hydrogen) atoms. The van der Waals surface area contributed by atoms with Gasteiger partial charge in [-0.05, 0) is 88.0 Å². The van der Waals surface area contributed by atoms with E-state index >= 15 is 0 Å². The summed E-state index contributed by atoms with van der Waals surface area (Å²) >= 11 is 0. The van der Waals surface area contributed by atoms with E-state index in [1.54, 1.807) is 12.1 Å². The minimum atomic E-state index is -0.898. The van der Waals surface area contributed by atoms with Crippen LogP contribution in [-0.4, -0.2) is 40.2 Å². The van der Waals surface area contributed by atoms with E-state index < -0.39 is 5.97 Å². The van der Waals surface area contributed by atoms with Gasteiger partial charge in [0.15, 0.2) is 0 Å². The maximum Gasteiger partial charge on any atom is 0.337 e. The second-order valence-corrected chi connectivity index (χ2v) is 9.82. The number of hydrogen-bond acceptors (Lipinski definition) is 3. The van der Waals surface area contributed by atoms with Gasteiger partial charge in [0.25, 0.3) is 0 Å². The molecule has 1 aliphatic rings. The third kappa shape index (κ3) is 6.00. The molecule has 186 valence electrons. The van der Waals surface area contributed by atoms with Crippen molar-refractivity contribution in [2.45, 2.75) is 53.2 Å². The Morgan fingerprint density at radius 3 is 2.34 bits per heavy atom. The number of halogens is 1. The number of likely N-dealkylation sites (tertiary alicyclic amines) is 1. The minimum Gasteiger partial charge on any atom is -0.478 e. The maximum absolute atomic E-state index is 13.3. The Bertz CT molecular complexity index is 1160. The molecule has 0 atom stereocenters. The highest BCUT2D eigenvalue weighted by Gasteiger charge is 2.24. The van der Waals surface area contributed by atoms with Crippen LogP contribution < -0.4 is 5.32 Å². The van der Waals surface area contributed by atoms with Crippen LogP contribution in [0.1, 0.15) is 56.8 Å². The van der Waals surface area contributed by atoms with E-state index in [0.717, 1.165) is 61.5 Å². The largest absolute Gasteiger partial charge is 0.478 e. The van der Waals surface area contributed by atoms with E-state index in [1.165, 1.54) is 23.3 Å². The maximum atomic E-state index is 13.3. The number of aryl methyl sites for hydroxylation is 1. The molecule has 1 fully saturated rings. The molecule has 2 heterocycles. The van der Waals surface area contributed by atoms with Crippen LogP contribution in [0.15, 0.2) is 48.5 Å². The lowest BCUT2D eigenvalue weighted by atomic mass is 9.96. The number of aromatic nitrogens is 1. The first-order valence-corrected chi connectivity index (χ1v) is 12.5. The lowest BCUT2D eigenvalue weighted by Gasteiger charge is -2.32. The number of nitrogens with one attached hydrogen (secondary N) is 1. The molecule has 0 radical (unpaired) electrons. The number of hydrogen-bond donors (Lipinski definition) is 2. The van der Waals surface area contributed by atoms with Crippen LogP contribution in [0.4, 0.5) is 4.39 Å². The van der Waals surface area contributed by atoms with Crippen LogP contribution in [0.5, 0.6) is 0 Å². The van der Waals surface area contributed by atoms with E-state index in [0.29, 0.717) is 24.6 Å². The number of carbonyl (C=O) groups is 1. The van der Waals surface area contributed by atoms with Crippen molar-refractivity contribution in [3.8, 4) is 0 Å². The Balaban J connectivity index is 1.34. The fourth-order valence-electron chi connectivity index (χ4n) is 5.24. The van der Waals surface area contributed by atoms with Crippen LogP contribution >= 0.6 is 0 Å². The van der Waals surface area contributed by atoms with Crippen molar-refractivity contribution >= 4 is 5.97 Å². The van der Waals surface area contributed by atoms with Crippen molar-refractivity contribution in [3.05, 3.63) is 93.6 Å². The second-order valence-electron chi connectivity index (χ2n) is 9.82. The summed E-state index contributed by atoms with van der Waals surface area (Å²) in [5, 5.41) is 13.5. The lowest BCUT2D eigenvalue weighted by molar-refractivity contribution is 0.0694. The monoisotopic (exact) mass is 477 g/mol. The molecule has 0 saturated carbocycles. The number of benzene rings is 2. The van der Waals surface area contributed by atoms with Crippen molar-refractivity contribution in [3.63, 3.8) is 0 Å². The molecule has 0 aliphatic carbocycles. The topological polar surface area (TPSA) is 57.5 Å². The number of piperidine rings is 1. The van der Waals surface area contributed by atoms with Gasteiger partial charge in [-0.2, -0.15) is 0 Å². The summed E-state index contributed by atoms with van der Waals surface area (Å²) in [6, 6.07) is 15.0. The summed E-state index contributed by atoms with van der Waals surface area (Å²) in [5.41, 5.74) is 6.61. The SMILES string of the molecule is Cc1ccccc1CN1CCC(CNCc2c(C(=O)O)c(C)n(Cc3ccc(F)cc3)c2C)CC1. The summed E-state index contributed by atoms with van der Waals surface area (Å²) in [7, 11) is 0. The second kappa shape index (κ2) is 11.2. The quantitative estimate of drug-likeness (QED) is 0.439. The Morgan fingerprint density at radius 2 is 1.69 bits per heavy atom. The van der Waals surface area contributed by atoms with Gasteiger partial charge in [0, 0.05) is 36.6 Å². The van der Waals surface area contributed by atoms with Gasteiger partial charge in [-0.1, -0.05) is 36.4 Å². The fraction of sp³-hybridized carbons (Fsp3) is 0.414. The third-order valence-electron chi connectivity index (χ3n) is 7.48. The van der Waals surface area contributed by atoms with Gasteiger partial charge < -0.3 is 15.0 Å². The van der Waals surface area contributed by atoms with Gasteiger partial charge >= 0.3 is 5.97 Å². The number of rotatable bonds is 9. The third-order valence-corrected chi connectivity index (χ3v) is 7.48. The molecule has 3 aromatic rings. The molecule has 5 nitrogen and oxygen atoms in total. The van der Waals surface area contributed by atoms with Gasteiger partial charge in [-0.25, -0.2) is 9.18 Å². The fourth-order valence-corrected chi connectivity index (χ4v) is 5.24. The van der Waals surface area contributed by atoms with Gasteiger partial charge in [-0.3, -0.25) is 4.90 Å². The van der Waals surface area contributed by atoms with Crippen LogP contribution in [0.3, 0.4) is 0 Å². The zero-order chi connectivity index (χ0) is 24.9. The highest BCUT2D eigenvalue weighted by Crippen LogP contribution is 2.25. The van der Waals surface area contributed by atoms with Crippen LogP contribution in [0, 0.1) is 32.5 Å². The molecule has 1 aliphatic heterocycles. The minimum absolute atomic E-state index is 0.271. The Labute approximate surface area is 207 Å². The molecule has 2 aromatic carbocycles. The summed E-state index contributed by atoms with van der Waals surface area (Å²) in [5.74, 6) is -0.573. The summed E-state index contributed by atoms with van der Waals surface area (Å²) in [4.78, 5) is 14.6. The molecule has 0 bridgehead atoms. The molecule has 2 N–H and O–H groups in total. The van der Waals surface area contributed by atoms with Crippen molar-refractivity contribution in [2.75, 3.05) is 19.6 Å². The summed E-state index contributed by atoms with van der Waals surface area (Å²) in [6.45, 7) is 11.1. The highest BCUT2D eigenvalue weighted by molar-refractivity contribution is 5.91. The molecule has 0 amide bonds. The molecule has 0 spiro atoms. The first-order chi connectivity index (χ1) is 16.8. The predicted molar refractivity (Wildman–Crippen MR) is 137 cm³/mol. The van der Waals surface area contributed by atoms with E-state index in [1.807, 2.05) is 18.4 Å². The average molecular weight is 478 g/mol. The first-order valence-electron chi connectivity index (χ1n) is 12.5. The van der Waals surface area contributed by atoms with Crippen LogP contribution in [-0.2, 0) is 19.6 Å². The van der Waals surface area contributed by atoms with Gasteiger partial charge in [0.05, 0.1) is 5.56 Å². The molecular weight excluding hydrogens is 441 g/mol. The first kappa shape index (κ1) is 25.1. The Kier molecular flexibility index (Phi) is 8.04. The number of carboxylic acids is 1. The normalized spacial score (nSPS) is 15.0.